The summed E-state index contributed by atoms with van der Waals surface area (Å²) in [7, 11) is 0. The van der Waals surface area contributed by atoms with E-state index in [9.17, 15) is 14.0 Å². The number of aliphatic imine (C=N–C) groups is 1. The minimum Gasteiger partial charge on any atom is -0.462 e. The van der Waals surface area contributed by atoms with E-state index in [1.807, 2.05) is 0 Å². The lowest BCUT2D eigenvalue weighted by Crippen LogP contribution is -2.35. The van der Waals surface area contributed by atoms with E-state index >= 15 is 0 Å². The van der Waals surface area contributed by atoms with Crippen molar-refractivity contribution in [2.75, 3.05) is 6.61 Å². The van der Waals surface area contributed by atoms with E-state index in [1.165, 1.54) is 6.07 Å². The molecule has 1 aliphatic heterocycles. The maximum atomic E-state index is 13.9. The van der Waals surface area contributed by atoms with Crippen LogP contribution in [0.25, 0.3) is 0 Å². The first-order chi connectivity index (χ1) is 12.5. The van der Waals surface area contributed by atoms with Gasteiger partial charge in [-0.05, 0) is 25.1 Å². The molecule has 2 aliphatic rings. The molecule has 0 bridgehead atoms. The van der Waals surface area contributed by atoms with Gasteiger partial charge in [0.15, 0.2) is 0 Å². The van der Waals surface area contributed by atoms with Crippen LogP contribution in [0.2, 0.25) is 0 Å². The number of esters is 1. The third kappa shape index (κ3) is 3.60. The van der Waals surface area contributed by atoms with E-state index in [-0.39, 0.29) is 24.5 Å². The van der Waals surface area contributed by atoms with Gasteiger partial charge in [-0.1, -0.05) is 35.9 Å². The third-order valence-corrected chi connectivity index (χ3v) is 4.22. The van der Waals surface area contributed by atoms with Gasteiger partial charge in [-0.15, -0.1) is 0 Å². The van der Waals surface area contributed by atoms with Crippen molar-refractivity contribution in [3.63, 3.8) is 0 Å². The molecule has 3 rings (SSSR count). The number of allylic oxidation sites excluding steroid dienone is 4. The summed E-state index contributed by atoms with van der Waals surface area (Å²) in [4.78, 5) is 28.6. The van der Waals surface area contributed by atoms with Crippen LogP contribution in [-0.4, -0.2) is 24.2 Å². The zero-order valence-corrected chi connectivity index (χ0v) is 14.7. The van der Waals surface area contributed by atoms with Gasteiger partial charge >= 0.3 is 5.97 Å². The predicted molar refractivity (Wildman–Crippen MR) is 95.9 cm³/mol. The van der Waals surface area contributed by atoms with Crippen molar-refractivity contribution in [2.45, 2.75) is 13.5 Å². The lowest BCUT2D eigenvalue weighted by Gasteiger charge is -2.27. The fraction of sp³-hybridized carbons (Fsp3) is 0.211. The number of halogens is 2. The number of carbonyl (C=O) groups is 2. The van der Waals surface area contributed by atoms with Crippen LogP contribution in [0.5, 0.6) is 0 Å². The Morgan fingerprint density at radius 3 is 2.88 bits per heavy atom. The van der Waals surface area contributed by atoms with Gasteiger partial charge in [0.25, 0.3) is 5.91 Å². The summed E-state index contributed by atoms with van der Waals surface area (Å²) in [6.07, 6.45) is 4.96. The number of fused-ring (bicyclic) bond motifs is 1. The average molecular weight is 375 g/mol. The highest BCUT2D eigenvalue weighted by Crippen LogP contribution is 2.29. The van der Waals surface area contributed by atoms with Gasteiger partial charge in [0.1, 0.15) is 11.4 Å². The Balaban J connectivity index is 1.97. The van der Waals surface area contributed by atoms with Crippen LogP contribution in [0.4, 0.5) is 4.39 Å². The van der Waals surface area contributed by atoms with Crippen LogP contribution in [0.15, 0.2) is 63.8 Å². The van der Waals surface area contributed by atoms with E-state index in [1.54, 1.807) is 43.4 Å². The SMILES string of the molecule is CCOC(=O)C1=C(NCc2ccccc2F)C2C=CC(Cl)=CC2=NC1=O. The molecule has 1 aromatic carbocycles. The quantitative estimate of drug-likeness (QED) is 0.635. The third-order valence-electron chi connectivity index (χ3n) is 3.98. The minimum absolute atomic E-state index is 0.104. The number of hydrogen-bond donors (Lipinski definition) is 1. The van der Waals surface area contributed by atoms with Gasteiger partial charge in [-0.3, -0.25) is 4.79 Å². The molecule has 7 heteroatoms. The Labute approximate surface area is 154 Å². The normalized spacial score (nSPS) is 18.9. The average Bonchev–Trinajstić information content (AvgIpc) is 2.60. The fourth-order valence-corrected chi connectivity index (χ4v) is 2.97. The standard InChI is InChI=1S/C19H16ClFN2O3/c1-2-26-19(25)16-17(22-10-11-5-3-4-6-14(11)21)13-8-7-12(20)9-15(13)23-18(16)24/h3-9,13,22H,2,10H2,1H3. The van der Waals surface area contributed by atoms with Crippen LogP contribution < -0.4 is 5.32 Å². The molecule has 1 amide bonds. The lowest BCUT2D eigenvalue weighted by molar-refractivity contribution is -0.140. The van der Waals surface area contributed by atoms with Gasteiger partial charge in [0.05, 0.1) is 18.2 Å². The van der Waals surface area contributed by atoms with Crippen LogP contribution in [0.1, 0.15) is 12.5 Å². The van der Waals surface area contributed by atoms with Gasteiger partial charge in [-0.25, -0.2) is 14.2 Å². The number of carbonyl (C=O) groups excluding carboxylic acids is 2. The Morgan fingerprint density at radius 1 is 1.38 bits per heavy atom. The molecule has 134 valence electrons. The maximum Gasteiger partial charge on any atom is 0.345 e. The summed E-state index contributed by atoms with van der Waals surface area (Å²) in [5.41, 5.74) is 0.992. The smallest absolute Gasteiger partial charge is 0.345 e. The molecule has 0 fully saturated rings. The zero-order chi connectivity index (χ0) is 18.7. The second-order valence-electron chi connectivity index (χ2n) is 5.66. The summed E-state index contributed by atoms with van der Waals surface area (Å²) in [5.74, 6) is -2.30. The molecule has 0 radical (unpaired) electrons. The molecule has 5 nitrogen and oxygen atoms in total. The Hall–Kier alpha value is -2.73. The minimum atomic E-state index is -0.759. The van der Waals surface area contributed by atoms with Crippen molar-refractivity contribution >= 4 is 29.2 Å². The largest absolute Gasteiger partial charge is 0.462 e. The van der Waals surface area contributed by atoms with Crippen LogP contribution in [0, 0.1) is 11.7 Å². The Bertz CT molecular complexity index is 887. The topological polar surface area (TPSA) is 67.8 Å². The van der Waals surface area contributed by atoms with E-state index in [0.717, 1.165) is 0 Å². The molecule has 0 saturated carbocycles. The molecular weight excluding hydrogens is 359 g/mol. The summed E-state index contributed by atoms with van der Waals surface area (Å²) < 4.78 is 18.9. The maximum absolute atomic E-state index is 13.9. The van der Waals surface area contributed by atoms with Crippen LogP contribution in [-0.2, 0) is 20.9 Å². The van der Waals surface area contributed by atoms with Crippen LogP contribution >= 0.6 is 11.6 Å². The fourth-order valence-electron chi connectivity index (χ4n) is 2.79. The number of nitrogens with one attached hydrogen (secondary N) is 1. The number of amides is 1. The van der Waals surface area contributed by atoms with Gasteiger partial charge in [-0.2, -0.15) is 0 Å². The van der Waals surface area contributed by atoms with E-state index in [2.05, 4.69) is 10.3 Å². The zero-order valence-electron chi connectivity index (χ0n) is 14.0. The summed E-state index contributed by atoms with van der Waals surface area (Å²) in [6.45, 7) is 1.88. The van der Waals surface area contributed by atoms with Crippen molar-refractivity contribution in [2.24, 2.45) is 10.9 Å². The first-order valence-corrected chi connectivity index (χ1v) is 8.46. The molecule has 1 heterocycles. The number of hydrogen-bond acceptors (Lipinski definition) is 4. The van der Waals surface area contributed by atoms with Crippen molar-refractivity contribution in [3.8, 4) is 0 Å². The predicted octanol–water partition coefficient (Wildman–Crippen LogP) is 3.02. The summed E-state index contributed by atoms with van der Waals surface area (Å²) in [6, 6.07) is 6.27. The summed E-state index contributed by atoms with van der Waals surface area (Å²) in [5, 5.41) is 3.46. The number of benzene rings is 1. The van der Waals surface area contributed by atoms with Crippen LogP contribution in [0.3, 0.4) is 0 Å². The Kier molecular flexibility index (Phi) is 5.32. The Morgan fingerprint density at radius 2 is 2.15 bits per heavy atom. The highest BCUT2D eigenvalue weighted by molar-refractivity contribution is 6.34. The molecule has 0 aromatic heterocycles. The molecule has 1 aliphatic carbocycles. The van der Waals surface area contributed by atoms with Gasteiger partial charge < -0.3 is 10.1 Å². The van der Waals surface area contributed by atoms with Gasteiger partial charge in [0, 0.05) is 22.8 Å². The van der Waals surface area contributed by atoms with E-state index in [4.69, 9.17) is 16.3 Å². The van der Waals surface area contributed by atoms with Crippen molar-refractivity contribution in [3.05, 3.63) is 70.2 Å². The van der Waals surface area contributed by atoms with Crippen molar-refractivity contribution < 1.29 is 18.7 Å². The highest BCUT2D eigenvalue weighted by Gasteiger charge is 2.35. The second kappa shape index (κ2) is 7.66. The first kappa shape index (κ1) is 18.1. The molecule has 1 atom stereocenters. The number of nitrogens with zero attached hydrogens (tertiary/aromatic N) is 1. The van der Waals surface area contributed by atoms with Crippen molar-refractivity contribution in [1.29, 1.82) is 0 Å². The highest BCUT2D eigenvalue weighted by atomic mass is 35.5. The number of rotatable bonds is 5. The monoisotopic (exact) mass is 374 g/mol. The molecule has 0 saturated heterocycles. The molecule has 1 N–H and O–H groups in total. The molecule has 1 unspecified atom stereocenters. The second-order valence-corrected chi connectivity index (χ2v) is 6.10. The number of dihydropyridines is 1. The molecule has 0 spiro atoms. The molecule has 1 aromatic rings. The number of ether oxygens (including phenoxy) is 1. The summed E-state index contributed by atoms with van der Waals surface area (Å²) >= 11 is 5.98. The van der Waals surface area contributed by atoms with E-state index < -0.39 is 17.8 Å². The van der Waals surface area contributed by atoms with Crippen molar-refractivity contribution in [1.82, 2.24) is 5.32 Å². The van der Waals surface area contributed by atoms with E-state index in [0.29, 0.717) is 22.0 Å². The molecule has 26 heavy (non-hydrogen) atoms. The molecular formula is C19H16ClFN2O3. The van der Waals surface area contributed by atoms with Gasteiger partial charge in [0.2, 0.25) is 0 Å². The first-order valence-electron chi connectivity index (χ1n) is 8.08. The lowest BCUT2D eigenvalue weighted by atomic mass is 9.88.